The molecule has 0 aromatic heterocycles. The molecule has 1 aliphatic rings. The van der Waals surface area contributed by atoms with Crippen LogP contribution >= 0.6 is 0 Å². The molecule has 40 heavy (non-hydrogen) atoms. The largest absolute Gasteiger partial charge is 0.309 e. The number of benzene rings is 6. The highest BCUT2D eigenvalue weighted by Crippen LogP contribution is 2.55. The topological polar surface area (TPSA) is 3.24 Å². The van der Waals surface area contributed by atoms with Crippen LogP contribution in [0.4, 0.5) is 17.1 Å². The van der Waals surface area contributed by atoms with Crippen LogP contribution in [0.25, 0.3) is 33.0 Å². The van der Waals surface area contributed by atoms with Crippen LogP contribution < -0.4 is 4.90 Å². The molecule has 6 aromatic rings. The molecule has 0 aliphatic heterocycles. The van der Waals surface area contributed by atoms with E-state index in [1.165, 1.54) is 66.7 Å². The Morgan fingerprint density at radius 2 is 1.23 bits per heavy atom. The summed E-state index contributed by atoms with van der Waals surface area (Å²) in [5.74, 6) is 0. The number of rotatable bonds is 4. The van der Waals surface area contributed by atoms with Crippen molar-refractivity contribution in [3.8, 4) is 22.3 Å². The quantitative estimate of drug-likeness (QED) is 0.226. The number of hydrogen-bond acceptors (Lipinski definition) is 1. The number of nitrogens with zero attached hydrogens (tertiary/aromatic N) is 1. The molecule has 7 rings (SSSR count). The van der Waals surface area contributed by atoms with Crippen molar-refractivity contribution < 1.29 is 0 Å². The molecule has 1 nitrogen and oxygen atoms in total. The minimum atomic E-state index is -0.0694. The first-order valence-electron chi connectivity index (χ1n) is 14.1. The fourth-order valence-electron chi connectivity index (χ4n) is 6.90. The lowest BCUT2D eigenvalue weighted by molar-refractivity contribution is 0.655. The minimum absolute atomic E-state index is 0.0694. The third kappa shape index (κ3) is 3.77. The Morgan fingerprint density at radius 1 is 0.575 bits per heavy atom. The van der Waals surface area contributed by atoms with Crippen molar-refractivity contribution in [2.75, 3.05) is 4.90 Å². The molecule has 0 unspecified atom stereocenters. The van der Waals surface area contributed by atoms with Crippen molar-refractivity contribution in [3.63, 3.8) is 0 Å². The lowest BCUT2D eigenvalue weighted by Crippen LogP contribution is -2.17. The molecule has 0 atom stereocenters. The fourth-order valence-corrected chi connectivity index (χ4v) is 6.90. The van der Waals surface area contributed by atoms with Crippen LogP contribution in [0.3, 0.4) is 0 Å². The van der Waals surface area contributed by atoms with Gasteiger partial charge in [0.2, 0.25) is 0 Å². The first-order valence-corrected chi connectivity index (χ1v) is 14.1. The van der Waals surface area contributed by atoms with E-state index in [-0.39, 0.29) is 5.41 Å². The van der Waals surface area contributed by atoms with Crippen molar-refractivity contribution in [2.24, 2.45) is 0 Å². The summed E-state index contributed by atoms with van der Waals surface area (Å²) in [4.78, 5) is 2.47. The molecule has 194 valence electrons. The number of hydrogen-bond donors (Lipinski definition) is 0. The molecule has 0 fully saturated rings. The van der Waals surface area contributed by atoms with Gasteiger partial charge >= 0.3 is 0 Å². The Kier molecular flexibility index (Phi) is 5.64. The summed E-state index contributed by atoms with van der Waals surface area (Å²) in [7, 11) is 0. The van der Waals surface area contributed by atoms with Gasteiger partial charge in [-0.25, -0.2) is 0 Å². The third-order valence-electron chi connectivity index (χ3n) is 8.57. The van der Waals surface area contributed by atoms with E-state index >= 15 is 0 Å². The highest BCUT2D eigenvalue weighted by Gasteiger charge is 2.39. The Balaban J connectivity index is 1.51. The van der Waals surface area contributed by atoms with Gasteiger partial charge in [-0.2, -0.15) is 0 Å². The highest BCUT2D eigenvalue weighted by atomic mass is 15.1. The van der Waals surface area contributed by atoms with Crippen molar-refractivity contribution >= 4 is 27.8 Å². The van der Waals surface area contributed by atoms with Crippen LogP contribution in [0.1, 0.15) is 36.1 Å². The van der Waals surface area contributed by atoms with Crippen LogP contribution in [0, 0.1) is 13.8 Å². The fraction of sp³-hybridized carbons (Fsp3) is 0.128. The highest BCUT2D eigenvalue weighted by molar-refractivity contribution is 6.03. The van der Waals surface area contributed by atoms with Crippen LogP contribution in [0.2, 0.25) is 0 Å². The summed E-state index contributed by atoms with van der Waals surface area (Å²) in [5, 5.41) is 2.48. The van der Waals surface area contributed by atoms with Crippen molar-refractivity contribution in [2.45, 2.75) is 33.1 Å². The standard InChI is InChI=1S/C39H33N/c1-26-24-27(2)38-33(25-26)37-34(39(38,3)4)17-11-19-36(37)40(35-18-10-15-30-14-8-9-16-32(30)35)31-22-20-29(21-23-31)28-12-6-5-7-13-28/h5-25H,1-4H3. The summed E-state index contributed by atoms with van der Waals surface area (Å²) in [6, 6.07) is 46.6. The van der Waals surface area contributed by atoms with E-state index in [1.807, 2.05) is 0 Å². The number of fused-ring (bicyclic) bond motifs is 4. The molecule has 0 saturated heterocycles. The maximum atomic E-state index is 2.47. The molecular formula is C39H33N. The van der Waals surface area contributed by atoms with Gasteiger partial charge < -0.3 is 4.90 Å². The molecule has 1 heteroatoms. The van der Waals surface area contributed by atoms with Gasteiger partial charge in [0, 0.05) is 22.1 Å². The van der Waals surface area contributed by atoms with Gasteiger partial charge in [-0.05, 0) is 76.9 Å². The zero-order chi connectivity index (χ0) is 27.4. The zero-order valence-electron chi connectivity index (χ0n) is 23.6. The van der Waals surface area contributed by atoms with E-state index < -0.39 is 0 Å². The van der Waals surface area contributed by atoms with E-state index in [1.54, 1.807) is 0 Å². The van der Waals surface area contributed by atoms with E-state index in [9.17, 15) is 0 Å². The van der Waals surface area contributed by atoms with E-state index in [4.69, 9.17) is 0 Å². The maximum Gasteiger partial charge on any atom is 0.0543 e. The van der Waals surface area contributed by atoms with Gasteiger partial charge in [-0.1, -0.05) is 123 Å². The summed E-state index contributed by atoms with van der Waals surface area (Å²) in [6.07, 6.45) is 0. The molecule has 6 aromatic carbocycles. The molecule has 0 spiro atoms. The Hall–Kier alpha value is -4.62. The predicted molar refractivity (Wildman–Crippen MR) is 171 cm³/mol. The Bertz CT molecular complexity index is 1870. The minimum Gasteiger partial charge on any atom is -0.309 e. The second kappa shape index (κ2) is 9.24. The van der Waals surface area contributed by atoms with Gasteiger partial charge in [0.25, 0.3) is 0 Å². The van der Waals surface area contributed by atoms with Crippen LogP contribution in [-0.4, -0.2) is 0 Å². The smallest absolute Gasteiger partial charge is 0.0543 e. The maximum absolute atomic E-state index is 2.47. The number of aryl methyl sites for hydroxylation is 2. The predicted octanol–water partition coefficient (Wildman–Crippen LogP) is 10.9. The molecule has 0 amide bonds. The molecule has 0 heterocycles. The van der Waals surface area contributed by atoms with Crippen LogP contribution in [0.5, 0.6) is 0 Å². The molecule has 0 N–H and O–H groups in total. The molecule has 0 bridgehead atoms. The third-order valence-corrected chi connectivity index (χ3v) is 8.57. The summed E-state index contributed by atoms with van der Waals surface area (Å²) < 4.78 is 0. The normalized spacial score (nSPS) is 13.2. The van der Waals surface area contributed by atoms with Gasteiger partial charge in [-0.3, -0.25) is 0 Å². The van der Waals surface area contributed by atoms with Gasteiger partial charge in [0.05, 0.1) is 11.4 Å². The summed E-state index contributed by atoms with van der Waals surface area (Å²) in [5.41, 5.74) is 14.1. The van der Waals surface area contributed by atoms with Gasteiger partial charge in [0.15, 0.2) is 0 Å². The van der Waals surface area contributed by atoms with E-state index in [0.29, 0.717) is 0 Å². The average Bonchev–Trinajstić information content (AvgIpc) is 3.21. The van der Waals surface area contributed by atoms with Crippen molar-refractivity contribution in [1.82, 2.24) is 0 Å². The van der Waals surface area contributed by atoms with Gasteiger partial charge in [0.1, 0.15) is 0 Å². The number of anilines is 3. The Labute approximate surface area is 237 Å². The summed E-state index contributed by atoms with van der Waals surface area (Å²) in [6.45, 7) is 9.23. The molecule has 0 radical (unpaired) electrons. The molecular weight excluding hydrogens is 482 g/mol. The SMILES string of the molecule is Cc1cc(C)c2c(c1)-c1c(N(c3ccc(-c4ccccc4)cc3)c3cccc4ccccc34)cccc1C2(C)C. The first kappa shape index (κ1) is 24.4. The lowest BCUT2D eigenvalue weighted by atomic mass is 9.80. The first-order chi connectivity index (χ1) is 19.4. The van der Waals surface area contributed by atoms with Gasteiger partial charge in [-0.15, -0.1) is 0 Å². The zero-order valence-corrected chi connectivity index (χ0v) is 23.6. The van der Waals surface area contributed by atoms with Crippen molar-refractivity contribution in [3.05, 3.63) is 150 Å². The van der Waals surface area contributed by atoms with Crippen molar-refractivity contribution in [1.29, 1.82) is 0 Å². The molecule has 0 saturated carbocycles. The van der Waals surface area contributed by atoms with Crippen LogP contribution in [-0.2, 0) is 5.41 Å². The summed E-state index contributed by atoms with van der Waals surface area (Å²) >= 11 is 0. The lowest BCUT2D eigenvalue weighted by Gasteiger charge is -2.30. The van der Waals surface area contributed by atoms with E-state index in [2.05, 4.69) is 160 Å². The van der Waals surface area contributed by atoms with E-state index in [0.717, 1.165) is 5.69 Å². The monoisotopic (exact) mass is 515 g/mol. The molecule has 1 aliphatic carbocycles. The second-order valence-corrected chi connectivity index (χ2v) is 11.6. The Morgan fingerprint density at radius 3 is 2.02 bits per heavy atom. The second-order valence-electron chi connectivity index (χ2n) is 11.6. The van der Waals surface area contributed by atoms with Crippen LogP contribution in [0.15, 0.2) is 127 Å². The average molecular weight is 516 g/mol.